The Morgan fingerprint density at radius 3 is 3.00 bits per heavy atom. The zero-order valence-corrected chi connectivity index (χ0v) is 17.8. The standard InChI is InChI=1S/C23H32N4O2/c1-4-5-11-28-18(3)15-26-16-19(14-24-26)23-20-13-17(2)9-10-21(20)27(25-23)22-8-6-7-12-29-22/h9-10,13-14,16,18,22H,4-8,11-12,15H2,1-3H3/t18-,22?/m0/s1. The van der Waals surface area contributed by atoms with Gasteiger partial charge in [0.25, 0.3) is 0 Å². The van der Waals surface area contributed by atoms with E-state index < -0.39 is 0 Å². The van der Waals surface area contributed by atoms with Gasteiger partial charge in [-0.2, -0.15) is 10.2 Å². The predicted molar refractivity (Wildman–Crippen MR) is 115 cm³/mol. The van der Waals surface area contributed by atoms with Crippen LogP contribution in [-0.4, -0.2) is 38.9 Å². The van der Waals surface area contributed by atoms with E-state index in [0.717, 1.165) is 67.6 Å². The number of nitrogens with zero attached hydrogens (tertiary/aromatic N) is 4. The summed E-state index contributed by atoms with van der Waals surface area (Å²) in [6.45, 7) is 8.76. The van der Waals surface area contributed by atoms with Gasteiger partial charge < -0.3 is 9.47 Å². The molecule has 2 atom stereocenters. The smallest absolute Gasteiger partial charge is 0.150 e. The summed E-state index contributed by atoms with van der Waals surface area (Å²) in [7, 11) is 0. The van der Waals surface area contributed by atoms with Crippen molar-refractivity contribution in [1.82, 2.24) is 19.6 Å². The van der Waals surface area contributed by atoms with Crippen LogP contribution in [0, 0.1) is 6.92 Å². The largest absolute Gasteiger partial charge is 0.377 e. The lowest BCUT2D eigenvalue weighted by molar-refractivity contribution is -0.0365. The molecule has 1 aliphatic heterocycles. The molecule has 0 radical (unpaired) electrons. The van der Waals surface area contributed by atoms with E-state index in [1.807, 2.05) is 10.9 Å². The molecule has 0 saturated carbocycles. The predicted octanol–water partition coefficient (Wildman–Crippen LogP) is 5.11. The lowest BCUT2D eigenvalue weighted by atomic mass is 10.1. The summed E-state index contributed by atoms with van der Waals surface area (Å²) in [5.41, 5.74) is 4.37. The lowest BCUT2D eigenvalue weighted by Gasteiger charge is -2.23. The van der Waals surface area contributed by atoms with Crippen LogP contribution in [0.5, 0.6) is 0 Å². The molecule has 1 aromatic carbocycles. The molecule has 1 aliphatic rings. The van der Waals surface area contributed by atoms with Gasteiger partial charge in [0.1, 0.15) is 5.69 Å². The first-order valence-electron chi connectivity index (χ1n) is 10.9. The van der Waals surface area contributed by atoms with Gasteiger partial charge in [0, 0.05) is 30.4 Å². The van der Waals surface area contributed by atoms with Crippen molar-refractivity contribution >= 4 is 10.9 Å². The fourth-order valence-electron chi connectivity index (χ4n) is 3.93. The van der Waals surface area contributed by atoms with Gasteiger partial charge in [-0.1, -0.05) is 25.0 Å². The van der Waals surface area contributed by atoms with Crippen LogP contribution < -0.4 is 0 Å². The van der Waals surface area contributed by atoms with Crippen LogP contribution in [0.15, 0.2) is 30.6 Å². The summed E-state index contributed by atoms with van der Waals surface area (Å²) < 4.78 is 15.9. The van der Waals surface area contributed by atoms with Crippen LogP contribution in [0.2, 0.25) is 0 Å². The number of aryl methyl sites for hydroxylation is 1. The van der Waals surface area contributed by atoms with Crippen molar-refractivity contribution in [2.45, 2.75) is 71.8 Å². The number of aromatic nitrogens is 4. The summed E-state index contributed by atoms with van der Waals surface area (Å²) in [5.74, 6) is 0. The summed E-state index contributed by atoms with van der Waals surface area (Å²) >= 11 is 0. The molecule has 0 N–H and O–H groups in total. The number of rotatable bonds is 8. The third-order valence-electron chi connectivity index (χ3n) is 5.54. The fraction of sp³-hybridized carbons (Fsp3) is 0.565. The van der Waals surface area contributed by atoms with Crippen molar-refractivity contribution in [1.29, 1.82) is 0 Å². The molecule has 156 valence electrons. The monoisotopic (exact) mass is 396 g/mol. The van der Waals surface area contributed by atoms with Crippen LogP contribution in [0.3, 0.4) is 0 Å². The summed E-state index contributed by atoms with van der Waals surface area (Å²) in [5, 5.41) is 10.7. The molecule has 1 saturated heterocycles. The Morgan fingerprint density at radius 2 is 2.21 bits per heavy atom. The average molecular weight is 397 g/mol. The number of benzene rings is 1. The van der Waals surface area contributed by atoms with Crippen molar-refractivity contribution in [3.63, 3.8) is 0 Å². The van der Waals surface area contributed by atoms with E-state index in [9.17, 15) is 0 Å². The third-order valence-corrected chi connectivity index (χ3v) is 5.54. The SMILES string of the molecule is CCCCO[C@@H](C)Cn1cc(-c2nn(C3CCCCO3)c3ccc(C)cc23)cn1. The van der Waals surface area contributed by atoms with Crippen LogP contribution in [-0.2, 0) is 16.0 Å². The Balaban J connectivity index is 1.60. The summed E-state index contributed by atoms with van der Waals surface area (Å²) in [6, 6.07) is 6.52. The molecule has 2 aromatic heterocycles. The van der Waals surface area contributed by atoms with Gasteiger partial charge >= 0.3 is 0 Å². The Morgan fingerprint density at radius 1 is 1.31 bits per heavy atom. The normalized spacial score (nSPS) is 18.4. The minimum atomic E-state index is 0.0183. The van der Waals surface area contributed by atoms with Crippen molar-refractivity contribution in [2.24, 2.45) is 0 Å². The van der Waals surface area contributed by atoms with Crippen LogP contribution in [0.25, 0.3) is 22.2 Å². The van der Waals surface area contributed by atoms with E-state index in [0.29, 0.717) is 0 Å². The number of fused-ring (bicyclic) bond motifs is 1. The summed E-state index contributed by atoms with van der Waals surface area (Å²) in [4.78, 5) is 0. The first-order valence-corrected chi connectivity index (χ1v) is 10.9. The van der Waals surface area contributed by atoms with Gasteiger partial charge in [0.2, 0.25) is 0 Å². The first-order chi connectivity index (χ1) is 14.2. The Bertz CT molecular complexity index is 940. The van der Waals surface area contributed by atoms with E-state index in [1.165, 1.54) is 12.0 Å². The van der Waals surface area contributed by atoms with Gasteiger partial charge in [-0.3, -0.25) is 4.68 Å². The molecule has 0 bridgehead atoms. The topological polar surface area (TPSA) is 54.1 Å². The zero-order valence-electron chi connectivity index (χ0n) is 17.8. The highest BCUT2D eigenvalue weighted by Gasteiger charge is 2.22. The van der Waals surface area contributed by atoms with Crippen LogP contribution >= 0.6 is 0 Å². The molecule has 0 aliphatic carbocycles. The van der Waals surface area contributed by atoms with E-state index in [2.05, 4.69) is 54.9 Å². The van der Waals surface area contributed by atoms with Crippen molar-refractivity contribution in [3.05, 3.63) is 36.2 Å². The van der Waals surface area contributed by atoms with Gasteiger partial charge in [0.15, 0.2) is 6.23 Å². The van der Waals surface area contributed by atoms with E-state index in [1.54, 1.807) is 0 Å². The second-order valence-electron chi connectivity index (χ2n) is 8.12. The molecule has 29 heavy (non-hydrogen) atoms. The number of ether oxygens (including phenoxy) is 2. The van der Waals surface area contributed by atoms with Gasteiger partial charge in [-0.15, -0.1) is 0 Å². The highest BCUT2D eigenvalue weighted by molar-refractivity contribution is 5.93. The van der Waals surface area contributed by atoms with Crippen molar-refractivity contribution in [2.75, 3.05) is 13.2 Å². The molecule has 4 rings (SSSR count). The fourth-order valence-corrected chi connectivity index (χ4v) is 3.93. The number of hydrogen-bond acceptors (Lipinski definition) is 4. The molecule has 0 spiro atoms. The van der Waals surface area contributed by atoms with Crippen molar-refractivity contribution in [3.8, 4) is 11.3 Å². The average Bonchev–Trinajstić information content (AvgIpc) is 3.33. The molecule has 1 unspecified atom stereocenters. The quantitative estimate of drug-likeness (QED) is 0.496. The van der Waals surface area contributed by atoms with E-state index >= 15 is 0 Å². The Labute approximate surface area is 172 Å². The third kappa shape index (κ3) is 4.54. The first kappa shape index (κ1) is 20.1. The minimum absolute atomic E-state index is 0.0183. The Kier molecular flexibility index (Phi) is 6.31. The molecule has 6 nitrogen and oxygen atoms in total. The second-order valence-corrected chi connectivity index (χ2v) is 8.12. The lowest BCUT2D eigenvalue weighted by Crippen LogP contribution is -2.19. The zero-order chi connectivity index (χ0) is 20.2. The highest BCUT2D eigenvalue weighted by atomic mass is 16.5. The second kappa shape index (κ2) is 9.09. The number of unbranched alkanes of at least 4 members (excludes halogenated alkanes) is 1. The molecule has 3 heterocycles. The maximum Gasteiger partial charge on any atom is 0.150 e. The minimum Gasteiger partial charge on any atom is -0.377 e. The van der Waals surface area contributed by atoms with E-state index in [-0.39, 0.29) is 12.3 Å². The molecular formula is C23H32N4O2. The summed E-state index contributed by atoms with van der Waals surface area (Å²) in [6.07, 6.45) is 9.72. The van der Waals surface area contributed by atoms with E-state index in [4.69, 9.17) is 14.6 Å². The highest BCUT2D eigenvalue weighted by Crippen LogP contribution is 2.33. The van der Waals surface area contributed by atoms with Gasteiger partial charge in [-0.25, -0.2) is 4.68 Å². The van der Waals surface area contributed by atoms with Crippen LogP contribution in [0.1, 0.15) is 57.7 Å². The molecule has 6 heteroatoms. The van der Waals surface area contributed by atoms with Crippen LogP contribution in [0.4, 0.5) is 0 Å². The molecular weight excluding hydrogens is 364 g/mol. The number of hydrogen-bond donors (Lipinski definition) is 0. The van der Waals surface area contributed by atoms with Gasteiger partial charge in [0.05, 0.1) is 24.4 Å². The van der Waals surface area contributed by atoms with Crippen molar-refractivity contribution < 1.29 is 9.47 Å². The Hall–Kier alpha value is -2.18. The maximum atomic E-state index is 6.02. The molecule has 0 amide bonds. The molecule has 1 fully saturated rings. The molecule has 3 aromatic rings. The maximum absolute atomic E-state index is 6.02. The van der Waals surface area contributed by atoms with Gasteiger partial charge in [-0.05, 0) is 51.7 Å².